The fraction of sp³-hybridized carbons (Fsp3) is 0.150. The summed E-state index contributed by atoms with van der Waals surface area (Å²) in [4.78, 5) is 28.3. The zero-order chi connectivity index (χ0) is 19.9. The van der Waals surface area contributed by atoms with E-state index in [0.717, 1.165) is 0 Å². The number of carbonyl (C=O) groups excluding carboxylic acids is 2. The van der Waals surface area contributed by atoms with Crippen LogP contribution in [0.5, 0.6) is 11.6 Å². The second kappa shape index (κ2) is 8.81. The number of halogens is 1. The van der Waals surface area contributed by atoms with Gasteiger partial charge in [-0.15, -0.1) is 0 Å². The SMILES string of the molecule is CC(NC(=O)c1ccco1)C(=O)NCc1cccnc1Oc1cccc(F)c1. The van der Waals surface area contributed by atoms with Crippen LogP contribution in [-0.2, 0) is 11.3 Å². The summed E-state index contributed by atoms with van der Waals surface area (Å²) in [7, 11) is 0. The van der Waals surface area contributed by atoms with Gasteiger partial charge in [-0.3, -0.25) is 9.59 Å². The second-order valence-electron chi connectivity index (χ2n) is 5.92. The first kappa shape index (κ1) is 19.1. The van der Waals surface area contributed by atoms with Crippen molar-refractivity contribution in [3.63, 3.8) is 0 Å². The lowest BCUT2D eigenvalue weighted by molar-refractivity contribution is -0.122. The Morgan fingerprint density at radius 3 is 2.82 bits per heavy atom. The highest BCUT2D eigenvalue weighted by molar-refractivity contribution is 5.95. The quantitative estimate of drug-likeness (QED) is 0.654. The van der Waals surface area contributed by atoms with E-state index in [-0.39, 0.29) is 24.1 Å². The molecule has 2 aromatic heterocycles. The van der Waals surface area contributed by atoms with Crippen molar-refractivity contribution in [3.8, 4) is 11.6 Å². The number of pyridine rings is 1. The molecular weight excluding hydrogens is 365 g/mol. The van der Waals surface area contributed by atoms with Gasteiger partial charge in [0.15, 0.2) is 5.76 Å². The number of benzene rings is 1. The van der Waals surface area contributed by atoms with Crippen molar-refractivity contribution in [1.29, 1.82) is 0 Å². The number of nitrogens with zero attached hydrogens (tertiary/aromatic N) is 1. The van der Waals surface area contributed by atoms with Gasteiger partial charge in [0.2, 0.25) is 11.8 Å². The molecule has 1 aromatic carbocycles. The topological polar surface area (TPSA) is 93.5 Å². The van der Waals surface area contributed by atoms with E-state index in [1.165, 1.54) is 36.7 Å². The maximum absolute atomic E-state index is 13.3. The fourth-order valence-corrected chi connectivity index (χ4v) is 2.37. The normalized spacial score (nSPS) is 11.5. The molecule has 0 aliphatic rings. The van der Waals surface area contributed by atoms with Gasteiger partial charge in [0.25, 0.3) is 5.91 Å². The summed E-state index contributed by atoms with van der Waals surface area (Å²) in [6.45, 7) is 1.68. The van der Waals surface area contributed by atoms with Crippen molar-refractivity contribution in [3.05, 3.63) is 78.1 Å². The van der Waals surface area contributed by atoms with Gasteiger partial charge in [-0.1, -0.05) is 12.1 Å². The number of hydrogen-bond acceptors (Lipinski definition) is 5. The molecule has 1 atom stereocenters. The average Bonchev–Trinajstić information content (AvgIpc) is 3.22. The fourth-order valence-electron chi connectivity index (χ4n) is 2.37. The van der Waals surface area contributed by atoms with E-state index < -0.39 is 17.8 Å². The van der Waals surface area contributed by atoms with Gasteiger partial charge in [-0.25, -0.2) is 9.37 Å². The minimum absolute atomic E-state index is 0.123. The number of carbonyl (C=O) groups is 2. The molecule has 2 heterocycles. The van der Waals surface area contributed by atoms with Crippen LogP contribution < -0.4 is 15.4 Å². The Balaban J connectivity index is 1.59. The van der Waals surface area contributed by atoms with Gasteiger partial charge in [-0.2, -0.15) is 0 Å². The Hall–Kier alpha value is -3.68. The number of hydrogen-bond donors (Lipinski definition) is 2. The van der Waals surface area contributed by atoms with Gasteiger partial charge >= 0.3 is 0 Å². The number of aromatic nitrogens is 1. The van der Waals surface area contributed by atoms with Crippen LogP contribution in [0.2, 0.25) is 0 Å². The number of furan rings is 1. The number of rotatable bonds is 7. The van der Waals surface area contributed by atoms with Crippen molar-refractivity contribution in [2.75, 3.05) is 0 Å². The minimum Gasteiger partial charge on any atom is -0.459 e. The molecule has 7 nitrogen and oxygen atoms in total. The number of nitrogens with one attached hydrogen (secondary N) is 2. The first-order valence-corrected chi connectivity index (χ1v) is 8.52. The Morgan fingerprint density at radius 2 is 2.07 bits per heavy atom. The molecular formula is C20H18FN3O4. The molecule has 0 aliphatic carbocycles. The Bertz CT molecular complexity index is 960. The molecule has 0 saturated heterocycles. The standard InChI is InChI=1S/C20H18FN3O4/c1-13(24-19(26)17-8-4-10-27-17)18(25)23-12-14-5-3-9-22-20(14)28-16-7-2-6-15(21)11-16/h2-11,13H,12H2,1H3,(H,23,25)(H,24,26). The zero-order valence-corrected chi connectivity index (χ0v) is 15.0. The number of ether oxygens (including phenoxy) is 1. The molecule has 0 bridgehead atoms. The van der Waals surface area contributed by atoms with Gasteiger partial charge < -0.3 is 19.8 Å². The molecule has 0 saturated carbocycles. The molecule has 3 aromatic rings. The molecule has 3 rings (SSSR count). The van der Waals surface area contributed by atoms with Crippen LogP contribution in [0.4, 0.5) is 4.39 Å². The zero-order valence-electron chi connectivity index (χ0n) is 15.0. The lowest BCUT2D eigenvalue weighted by Gasteiger charge is -2.14. The molecule has 8 heteroatoms. The molecule has 144 valence electrons. The van der Waals surface area contributed by atoms with Gasteiger partial charge in [0, 0.05) is 24.4 Å². The summed E-state index contributed by atoms with van der Waals surface area (Å²) < 4.78 is 23.9. The molecule has 0 fully saturated rings. The highest BCUT2D eigenvalue weighted by Gasteiger charge is 2.18. The highest BCUT2D eigenvalue weighted by atomic mass is 19.1. The third kappa shape index (κ3) is 4.94. The minimum atomic E-state index is -0.776. The van der Waals surface area contributed by atoms with Crippen LogP contribution in [-0.4, -0.2) is 22.8 Å². The molecule has 2 amide bonds. The van der Waals surface area contributed by atoms with Crippen molar-refractivity contribution in [2.45, 2.75) is 19.5 Å². The Labute approximate surface area is 160 Å². The Morgan fingerprint density at radius 1 is 1.21 bits per heavy atom. The van der Waals surface area contributed by atoms with Gasteiger partial charge in [0.1, 0.15) is 17.6 Å². The summed E-state index contributed by atoms with van der Waals surface area (Å²) >= 11 is 0. The first-order chi connectivity index (χ1) is 13.5. The summed E-state index contributed by atoms with van der Waals surface area (Å²) in [6.07, 6.45) is 2.91. The third-order valence-corrected chi connectivity index (χ3v) is 3.80. The predicted molar refractivity (Wildman–Crippen MR) is 98.2 cm³/mol. The summed E-state index contributed by atoms with van der Waals surface area (Å²) in [6, 6.07) is 11.4. The van der Waals surface area contributed by atoms with Crippen LogP contribution in [0, 0.1) is 5.82 Å². The van der Waals surface area contributed by atoms with E-state index in [2.05, 4.69) is 15.6 Å². The van der Waals surface area contributed by atoms with E-state index in [4.69, 9.17) is 9.15 Å². The van der Waals surface area contributed by atoms with Crippen LogP contribution in [0.25, 0.3) is 0 Å². The van der Waals surface area contributed by atoms with E-state index in [1.807, 2.05) is 0 Å². The highest BCUT2D eigenvalue weighted by Crippen LogP contribution is 2.23. The van der Waals surface area contributed by atoms with E-state index in [0.29, 0.717) is 11.3 Å². The summed E-state index contributed by atoms with van der Waals surface area (Å²) in [5.74, 6) is -0.627. The van der Waals surface area contributed by atoms with Crippen LogP contribution in [0.15, 0.2) is 65.4 Å². The van der Waals surface area contributed by atoms with E-state index in [9.17, 15) is 14.0 Å². The van der Waals surface area contributed by atoms with Crippen LogP contribution in [0.3, 0.4) is 0 Å². The average molecular weight is 383 g/mol. The third-order valence-electron chi connectivity index (χ3n) is 3.80. The van der Waals surface area contributed by atoms with Crippen molar-refractivity contribution >= 4 is 11.8 Å². The molecule has 0 radical (unpaired) electrons. The maximum atomic E-state index is 13.3. The smallest absolute Gasteiger partial charge is 0.287 e. The van der Waals surface area contributed by atoms with E-state index in [1.54, 1.807) is 31.2 Å². The van der Waals surface area contributed by atoms with Crippen LogP contribution in [0.1, 0.15) is 23.0 Å². The van der Waals surface area contributed by atoms with Crippen molar-refractivity contribution < 1.29 is 23.1 Å². The summed E-state index contributed by atoms with van der Waals surface area (Å²) in [5, 5.41) is 5.25. The largest absolute Gasteiger partial charge is 0.459 e. The van der Waals surface area contributed by atoms with Gasteiger partial charge in [0.05, 0.1) is 6.26 Å². The van der Waals surface area contributed by atoms with Gasteiger partial charge in [-0.05, 0) is 37.3 Å². The Kier molecular flexibility index (Phi) is 6.01. The molecule has 2 N–H and O–H groups in total. The monoisotopic (exact) mass is 383 g/mol. The van der Waals surface area contributed by atoms with E-state index >= 15 is 0 Å². The molecule has 1 unspecified atom stereocenters. The number of amides is 2. The lowest BCUT2D eigenvalue weighted by Crippen LogP contribution is -2.44. The van der Waals surface area contributed by atoms with Crippen molar-refractivity contribution in [2.24, 2.45) is 0 Å². The molecule has 28 heavy (non-hydrogen) atoms. The predicted octanol–water partition coefficient (Wildman–Crippen LogP) is 3.04. The molecule has 0 aliphatic heterocycles. The second-order valence-corrected chi connectivity index (χ2v) is 5.92. The maximum Gasteiger partial charge on any atom is 0.287 e. The summed E-state index contributed by atoms with van der Waals surface area (Å²) in [5.41, 5.74) is 0.602. The first-order valence-electron chi connectivity index (χ1n) is 8.52. The van der Waals surface area contributed by atoms with Crippen molar-refractivity contribution in [1.82, 2.24) is 15.6 Å². The van der Waals surface area contributed by atoms with Crippen LogP contribution >= 0.6 is 0 Å². The molecule has 0 spiro atoms. The lowest BCUT2D eigenvalue weighted by atomic mass is 10.2.